The van der Waals surface area contributed by atoms with Gasteiger partial charge in [0.2, 0.25) is 0 Å². The van der Waals surface area contributed by atoms with Crippen LogP contribution in [-0.4, -0.2) is 24.0 Å². The molecule has 4 nitrogen and oxygen atoms in total. The Morgan fingerprint density at radius 2 is 2.10 bits per heavy atom. The maximum absolute atomic E-state index is 11.8. The Morgan fingerprint density at radius 3 is 2.85 bits per heavy atom. The van der Waals surface area contributed by atoms with E-state index >= 15 is 0 Å². The number of benzene rings is 1. The van der Waals surface area contributed by atoms with E-state index in [1.54, 1.807) is 24.5 Å². The van der Waals surface area contributed by atoms with Crippen molar-refractivity contribution < 1.29 is 9.53 Å². The van der Waals surface area contributed by atoms with Gasteiger partial charge in [-0.05, 0) is 30.2 Å². The molecule has 0 saturated heterocycles. The van der Waals surface area contributed by atoms with E-state index in [1.165, 1.54) is 5.56 Å². The molecule has 1 heterocycles. The maximum Gasteiger partial charge on any atom is 0.252 e. The van der Waals surface area contributed by atoms with Crippen molar-refractivity contribution in [3.63, 3.8) is 0 Å². The third-order valence-electron chi connectivity index (χ3n) is 2.92. The number of aryl methyl sites for hydroxylation is 1. The van der Waals surface area contributed by atoms with E-state index < -0.39 is 0 Å². The quantitative estimate of drug-likeness (QED) is 0.820. The summed E-state index contributed by atoms with van der Waals surface area (Å²) in [6.45, 7) is 3.00. The van der Waals surface area contributed by atoms with E-state index in [0.717, 1.165) is 12.2 Å². The van der Waals surface area contributed by atoms with Gasteiger partial charge in [-0.2, -0.15) is 0 Å². The number of hydrogen-bond acceptors (Lipinski definition) is 3. The van der Waals surface area contributed by atoms with E-state index in [0.29, 0.717) is 18.7 Å². The number of rotatable bonds is 6. The highest BCUT2D eigenvalue weighted by Crippen LogP contribution is 2.17. The molecule has 2 rings (SSSR count). The van der Waals surface area contributed by atoms with Crippen LogP contribution < -0.4 is 10.1 Å². The molecule has 0 atom stereocenters. The second-order valence-electron chi connectivity index (χ2n) is 4.31. The van der Waals surface area contributed by atoms with E-state index in [4.69, 9.17) is 4.74 Å². The summed E-state index contributed by atoms with van der Waals surface area (Å²) in [6.07, 6.45) is 4.11. The van der Waals surface area contributed by atoms with Crippen LogP contribution in [0.1, 0.15) is 22.8 Å². The monoisotopic (exact) mass is 270 g/mol. The smallest absolute Gasteiger partial charge is 0.252 e. The van der Waals surface area contributed by atoms with Crippen molar-refractivity contribution in [1.29, 1.82) is 0 Å². The third-order valence-corrected chi connectivity index (χ3v) is 2.92. The Balaban J connectivity index is 1.78. The summed E-state index contributed by atoms with van der Waals surface area (Å²) >= 11 is 0. The Bertz CT molecular complexity index is 555. The Morgan fingerprint density at radius 1 is 1.25 bits per heavy atom. The van der Waals surface area contributed by atoms with Gasteiger partial charge in [0.1, 0.15) is 12.4 Å². The van der Waals surface area contributed by atoms with Crippen LogP contribution in [-0.2, 0) is 6.42 Å². The van der Waals surface area contributed by atoms with Crippen LogP contribution in [0, 0.1) is 0 Å². The first-order chi connectivity index (χ1) is 9.81. The van der Waals surface area contributed by atoms with Gasteiger partial charge in [0.05, 0.1) is 12.1 Å². The summed E-state index contributed by atoms with van der Waals surface area (Å²) in [5, 5.41) is 2.80. The maximum atomic E-state index is 11.8. The summed E-state index contributed by atoms with van der Waals surface area (Å²) in [5.74, 6) is 0.746. The van der Waals surface area contributed by atoms with Crippen LogP contribution in [0.15, 0.2) is 48.8 Å². The first kappa shape index (κ1) is 14.1. The molecule has 0 aliphatic rings. The lowest BCUT2D eigenvalue weighted by Gasteiger charge is -2.10. The van der Waals surface area contributed by atoms with Gasteiger partial charge in [-0.25, -0.2) is 0 Å². The molecule has 0 aliphatic heterocycles. The first-order valence-electron chi connectivity index (χ1n) is 6.70. The standard InChI is InChI=1S/C16H18N2O2/c1-2-13-6-3-4-8-15(13)20-11-10-18-16(19)14-7-5-9-17-12-14/h3-9,12H,2,10-11H2,1H3,(H,18,19). The van der Waals surface area contributed by atoms with E-state index in [2.05, 4.69) is 17.2 Å². The zero-order valence-corrected chi connectivity index (χ0v) is 11.5. The fraction of sp³-hybridized carbons (Fsp3) is 0.250. The number of carbonyl (C=O) groups excluding carboxylic acids is 1. The molecule has 104 valence electrons. The molecular formula is C16H18N2O2. The normalized spacial score (nSPS) is 10.1. The van der Waals surface area contributed by atoms with Crippen LogP contribution in [0.5, 0.6) is 5.75 Å². The fourth-order valence-corrected chi connectivity index (χ4v) is 1.86. The van der Waals surface area contributed by atoms with Crippen molar-refractivity contribution in [2.45, 2.75) is 13.3 Å². The lowest BCUT2D eigenvalue weighted by molar-refractivity contribution is 0.0946. The summed E-state index contributed by atoms with van der Waals surface area (Å²) in [5.41, 5.74) is 1.73. The SMILES string of the molecule is CCc1ccccc1OCCNC(=O)c1cccnc1. The molecule has 0 unspecified atom stereocenters. The molecule has 20 heavy (non-hydrogen) atoms. The minimum absolute atomic E-state index is 0.134. The van der Waals surface area contributed by atoms with Crippen LogP contribution in [0.4, 0.5) is 0 Å². The van der Waals surface area contributed by atoms with Gasteiger partial charge in [0, 0.05) is 12.4 Å². The van der Waals surface area contributed by atoms with Gasteiger partial charge in [-0.3, -0.25) is 9.78 Å². The minimum atomic E-state index is -0.134. The van der Waals surface area contributed by atoms with Crippen LogP contribution in [0.25, 0.3) is 0 Å². The van der Waals surface area contributed by atoms with Crippen molar-refractivity contribution in [1.82, 2.24) is 10.3 Å². The van der Waals surface area contributed by atoms with Crippen molar-refractivity contribution in [3.05, 3.63) is 59.9 Å². The van der Waals surface area contributed by atoms with Gasteiger partial charge < -0.3 is 10.1 Å². The molecule has 0 aliphatic carbocycles. The van der Waals surface area contributed by atoms with E-state index in [1.807, 2.05) is 24.3 Å². The molecule has 2 aromatic rings. The number of carbonyl (C=O) groups is 1. The van der Waals surface area contributed by atoms with Crippen molar-refractivity contribution >= 4 is 5.91 Å². The van der Waals surface area contributed by atoms with E-state index in [9.17, 15) is 4.79 Å². The molecule has 0 bridgehead atoms. The minimum Gasteiger partial charge on any atom is -0.491 e. The van der Waals surface area contributed by atoms with Crippen LogP contribution in [0.2, 0.25) is 0 Å². The zero-order valence-electron chi connectivity index (χ0n) is 11.5. The van der Waals surface area contributed by atoms with Gasteiger partial charge >= 0.3 is 0 Å². The molecule has 0 radical (unpaired) electrons. The summed E-state index contributed by atoms with van der Waals surface area (Å²) in [4.78, 5) is 15.7. The molecule has 1 amide bonds. The Labute approximate surface area is 118 Å². The lowest BCUT2D eigenvalue weighted by atomic mass is 10.1. The number of hydrogen-bond donors (Lipinski definition) is 1. The molecule has 0 fully saturated rings. The average Bonchev–Trinajstić information content (AvgIpc) is 2.52. The lowest BCUT2D eigenvalue weighted by Crippen LogP contribution is -2.28. The Hall–Kier alpha value is -2.36. The molecule has 1 aromatic carbocycles. The van der Waals surface area contributed by atoms with Gasteiger partial charge in [0.25, 0.3) is 5.91 Å². The number of ether oxygens (including phenoxy) is 1. The largest absolute Gasteiger partial charge is 0.491 e. The molecule has 4 heteroatoms. The number of para-hydroxylation sites is 1. The van der Waals surface area contributed by atoms with Crippen molar-refractivity contribution in [3.8, 4) is 5.75 Å². The third kappa shape index (κ3) is 3.82. The number of aromatic nitrogens is 1. The van der Waals surface area contributed by atoms with Crippen molar-refractivity contribution in [2.75, 3.05) is 13.2 Å². The van der Waals surface area contributed by atoms with E-state index in [-0.39, 0.29) is 5.91 Å². The summed E-state index contributed by atoms with van der Waals surface area (Å²) < 4.78 is 5.68. The van der Waals surface area contributed by atoms with Crippen LogP contribution in [0.3, 0.4) is 0 Å². The van der Waals surface area contributed by atoms with Crippen LogP contribution >= 0.6 is 0 Å². The number of amides is 1. The number of nitrogens with zero attached hydrogens (tertiary/aromatic N) is 1. The second-order valence-corrected chi connectivity index (χ2v) is 4.31. The zero-order chi connectivity index (χ0) is 14.2. The molecular weight excluding hydrogens is 252 g/mol. The summed E-state index contributed by atoms with van der Waals surface area (Å²) in [6, 6.07) is 11.4. The highest BCUT2D eigenvalue weighted by atomic mass is 16.5. The van der Waals surface area contributed by atoms with Gasteiger partial charge in [-0.15, -0.1) is 0 Å². The Kier molecular flexibility index (Phi) is 5.12. The number of nitrogens with one attached hydrogen (secondary N) is 1. The predicted octanol–water partition coefficient (Wildman–Crippen LogP) is 2.45. The average molecular weight is 270 g/mol. The van der Waals surface area contributed by atoms with Gasteiger partial charge in [0.15, 0.2) is 0 Å². The molecule has 0 saturated carbocycles. The molecule has 0 spiro atoms. The highest BCUT2D eigenvalue weighted by molar-refractivity contribution is 5.93. The number of pyridine rings is 1. The molecule has 1 N–H and O–H groups in total. The first-order valence-corrected chi connectivity index (χ1v) is 6.70. The second kappa shape index (κ2) is 7.28. The highest BCUT2D eigenvalue weighted by Gasteiger charge is 2.04. The summed E-state index contributed by atoms with van der Waals surface area (Å²) in [7, 11) is 0. The molecule has 1 aromatic heterocycles. The fourth-order valence-electron chi connectivity index (χ4n) is 1.86. The topological polar surface area (TPSA) is 51.2 Å². The van der Waals surface area contributed by atoms with Crippen molar-refractivity contribution in [2.24, 2.45) is 0 Å². The predicted molar refractivity (Wildman–Crippen MR) is 77.9 cm³/mol. The van der Waals surface area contributed by atoms with Gasteiger partial charge in [-0.1, -0.05) is 25.1 Å².